The normalized spacial score (nSPS) is 10.3. The fourth-order valence-electron chi connectivity index (χ4n) is 1.74. The standard InChI is InChI=1S/C15H12F2O2/c1-10(18)19-9-13-14(16)8-7-12(15(13)17)11-5-3-2-4-6-11/h2-8H,9H2,1H3. The molecule has 0 fully saturated rings. The third-order valence-corrected chi connectivity index (χ3v) is 2.69. The maximum atomic E-state index is 14.2. The Morgan fingerprint density at radius 1 is 1.11 bits per heavy atom. The van der Waals surface area contributed by atoms with Gasteiger partial charge >= 0.3 is 5.97 Å². The van der Waals surface area contributed by atoms with E-state index in [4.69, 9.17) is 0 Å². The average molecular weight is 262 g/mol. The number of hydrogen-bond acceptors (Lipinski definition) is 2. The van der Waals surface area contributed by atoms with Gasteiger partial charge in [0.15, 0.2) is 0 Å². The molecule has 2 nitrogen and oxygen atoms in total. The molecule has 0 radical (unpaired) electrons. The molecule has 0 amide bonds. The zero-order valence-electron chi connectivity index (χ0n) is 10.3. The molecule has 2 aromatic rings. The van der Waals surface area contributed by atoms with Crippen LogP contribution in [0.4, 0.5) is 8.78 Å². The van der Waals surface area contributed by atoms with Crippen molar-refractivity contribution < 1.29 is 18.3 Å². The van der Waals surface area contributed by atoms with E-state index in [0.717, 1.165) is 0 Å². The fourth-order valence-corrected chi connectivity index (χ4v) is 1.74. The van der Waals surface area contributed by atoms with Crippen LogP contribution in [-0.2, 0) is 16.1 Å². The van der Waals surface area contributed by atoms with Gasteiger partial charge in [-0.15, -0.1) is 0 Å². The lowest BCUT2D eigenvalue weighted by molar-refractivity contribution is -0.142. The van der Waals surface area contributed by atoms with Crippen molar-refractivity contribution >= 4 is 5.97 Å². The first-order valence-corrected chi connectivity index (χ1v) is 5.75. The summed E-state index contributed by atoms with van der Waals surface area (Å²) >= 11 is 0. The lowest BCUT2D eigenvalue weighted by Crippen LogP contribution is -2.04. The molecular formula is C15H12F2O2. The summed E-state index contributed by atoms with van der Waals surface area (Å²) in [7, 11) is 0. The summed E-state index contributed by atoms with van der Waals surface area (Å²) in [5.41, 5.74) is 0.685. The highest BCUT2D eigenvalue weighted by molar-refractivity contribution is 5.67. The number of carbonyl (C=O) groups is 1. The van der Waals surface area contributed by atoms with Gasteiger partial charge in [-0.25, -0.2) is 8.78 Å². The quantitative estimate of drug-likeness (QED) is 0.788. The lowest BCUT2D eigenvalue weighted by Gasteiger charge is -2.10. The van der Waals surface area contributed by atoms with Crippen LogP contribution in [0.15, 0.2) is 42.5 Å². The Labute approximate surface area is 109 Å². The predicted octanol–water partition coefficient (Wildman–Crippen LogP) is 3.69. The smallest absolute Gasteiger partial charge is 0.302 e. The van der Waals surface area contributed by atoms with Crippen LogP contribution in [0.25, 0.3) is 11.1 Å². The van der Waals surface area contributed by atoms with E-state index in [0.29, 0.717) is 5.56 Å². The van der Waals surface area contributed by atoms with Crippen molar-refractivity contribution in [2.45, 2.75) is 13.5 Å². The van der Waals surface area contributed by atoms with E-state index in [1.54, 1.807) is 24.3 Å². The molecule has 0 N–H and O–H groups in total. The first-order valence-electron chi connectivity index (χ1n) is 5.75. The molecule has 0 atom stereocenters. The van der Waals surface area contributed by atoms with Crippen molar-refractivity contribution in [2.24, 2.45) is 0 Å². The summed E-state index contributed by atoms with van der Waals surface area (Å²) in [5, 5.41) is 0. The van der Waals surface area contributed by atoms with Crippen LogP contribution in [0.2, 0.25) is 0 Å². The Morgan fingerprint density at radius 2 is 1.79 bits per heavy atom. The van der Waals surface area contributed by atoms with E-state index in [9.17, 15) is 13.6 Å². The van der Waals surface area contributed by atoms with Gasteiger partial charge in [-0.05, 0) is 17.7 Å². The molecule has 0 aliphatic rings. The molecule has 0 bridgehead atoms. The molecule has 2 aromatic carbocycles. The molecule has 0 aliphatic heterocycles. The highest BCUT2D eigenvalue weighted by atomic mass is 19.1. The Hall–Kier alpha value is -2.23. The van der Waals surface area contributed by atoms with E-state index in [2.05, 4.69) is 4.74 Å². The number of rotatable bonds is 3. The molecule has 2 rings (SSSR count). The lowest BCUT2D eigenvalue weighted by atomic mass is 10.0. The van der Waals surface area contributed by atoms with Crippen molar-refractivity contribution in [1.29, 1.82) is 0 Å². The second kappa shape index (κ2) is 5.61. The van der Waals surface area contributed by atoms with Crippen molar-refractivity contribution in [3.05, 3.63) is 59.7 Å². The van der Waals surface area contributed by atoms with Gasteiger partial charge in [0.25, 0.3) is 0 Å². The first-order chi connectivity index (χ1) is 9.09. The van der Waals surface area contributed by atoms with Crippen LogP contribution in [-0.4, -0.2) is 5.97 Å². The molecule has 0 heterocycles. The van der Waals surface area contributed by atoms with Gasteiger partial charge in [0.2, 0.25) is 0 Å². The first kappa shape index (κ1) is 13.2. The second-order valence-electron chi connectivity index (χ2n) is 4.03. The molecule has 0 saturated carbocycles. The summed E-state index contributed by atoms with van der Waals surface area (Å²) in [6.45, 7) is 0.782. The largest absolute Gasteiger partial charge is 0.461 e. The molecule has 0 unspecified atom stereocenters. The molecule has 0 saturated heterocycles. The minimum Gasteiger partial charge on any atom is -0.461 e. The van der Waals surface area contributed by atoms with E-state index < -0.39 is 24.2 Å². The molecule has 98 valence electrons. The van der Waals surface area contributed by atoms with Crippen molar-refractivity contribution in [1.82, 2.24) is 0 Å². The second-order valence-corrected chi connectivity index (χ2v) is 4.03. The van der Waals surface area contributed by atoms with Crippen LogP contribution < -0.4 is 0 Å². The van der Waals surface area contributed by atoms with E-state index >= 15 is 0 Å². The van der Waals surface area contributed by atoms with Gasteiger partial charge < -0.3 is 4.74 Å². The van der Waals surface area contributed by atoms with E-state index in [1.165, 1.54) is 19.1 Å². The van der Waals surface area contributed by atoms with Gasteiger partial charge in [-0.1, -0.05) is 30.3 Å². The molecule has 0 spiro atoms. The van der Waals surface area contributed by atoms with Crippen LogP contribution in [0.1, 0.15) is 12.5 Å². The Kier molecular flexibility index (Phi) is 3.90. The topological polar surface area (TPSA) is 26.3 Å². The van der Waals surface area contributed by atoms with Crippen LogP contribution in [0.5, 0.6) is 0 Å². The number of carbonyl (C=O) groups excluding carboxylic acids is 1. The summed E-state index contributed by atoms with van der Waals surface area (Å²) in [6, 6.07) is 11.3. The summed E-state index contributed by atoms with van der Waals surface area (Å²) in [4.78, 5) is 10.7. The Morgan fingerprint density at radius 3 is 2.42 bits per heavy atom. The average Bonchev–Trinajstić information content (AvgIpc) is 2.39. The van der Waals surface area contributed by atoms with Crippen molar-refractivity contribution in [3.8, 4) is 11.1 Å². The number of ether oxygens (including phenoxy) is 1. The minimum absolute atomic E-state index is 0.239. The van der Waals surface area contributed by atoms with Crippen molar-refractivity contribution in [3.63, 3.8) is 0 Å². The summed E-state index contributed by atoms with van der Waals surface area (Å²) < 4.78 is 32.5. The zero-order chi connectivity index (χ0) is 13.8. The van der Waals surface area contributed by atoms with Gasteiger partial charge in [-0.2, -0.15) is 0 Å². The van der Waals surface area contributed by atoms with Gasteiger partial charge in [-0.3, -0.25) is 4.79 Å². The number of esters is 1. The van der Waals surface area contributed by atoms with Crippen molar-refractivity contribution in [2.75, 3.05) is 0 Å². The number of halogens is 2. The van der Waals surface area contributed by atoms with Crippen LogP contribution in [0.3, 0.4) is 0 Å². The maximum Gasteiger partial charge on any atom is 0.302 e. The maximum absolute atomic E-state index is 14.2. The third-order valence-electron chi connectivity index (χ3n) is 2.69. The molecule has 0 aromatic heterocycles. The Balaban J connectivity index is 2.42. The van der Waals surface area contributed by atoms with E-state index in [1.807, 2.05) is 6.07 Å². The summed E-state index contributed by atoms with van der Waals surface area (Å²) in [6.07, 6.45) is 0. The monoisotopic (exact) mass is 262 g/mol. The minimum atomic E-state index is -0.724. The molecule has 19 heavy (non-hydrogen) atoms. The van der Waals surface area contributed by atoms with Crippen LogP contribution >= 0.6 is 0 Å². The third kappa shape index (κ3) is 2.96. The molecule has 4 heteroatoms. The number of hydrogen-bond donors (Lipinski definition) is 0. The zero-order valence-corrected chi connectivity index (χ0v) is 10.3. The SMILES string of the molecule is CC(=O)OCc1c(F)ccc(-c2ccccc2)c1F. The predicted molar refractivity (Wildman–Crippen MR) is 67.3 cm³/mol. The highest BCUT2D eigenvalue weighted by Gasteiger charge is 2.15. The molecular weight excluding hydrogens is 250 g/mol. The summed E-state index contributed by atoms with van der Waals surface area (Å²) in [5.74, 6) is -2.00. The van der Waals surface area contributed by atoms with Gasteiger partial charge in [0.05, 0.1) is 5.56 Å². The van der Waals surface area contributed by atoms with Crippen LogP contribution in [0, 0.1) is 11.6 Å². The molecule has 0 aliphatic carbocycles. The van der Waals surface area contributed by atoms with Gasteiger partial charge in [0, 0.05) is 12.5 Å². The van der Waals surface area contributed by atoms with E-state index in [-0.39, 0.29) is 11.1 Å². The highest BCUT2D eigenvalue weighted by Crippen LogP contribution is 2.27. The number of benzene rings is 2. The fraction of sp³-hybridized carbons (Fsp3) is 0.133. The Bertz CT molecular complexity index is 595. The van der Waals surface area contributed by atoms with Gasteiger partial charge in [0.1, 0.15) is 18.2 Å².